The van der Waals surface area contributed by atoms with E-state index in [0.717, 1.165) is 5.69 Å². The van der Waals surface area contributed by atoms with E-state index in [2.05, 4.69) is 34.5 Å². The molecule has 0 bridgehead atoms. The van der Waals surface area contributed by atoms with Crippen LogP contribution in [-0.4, -0.2) is 13.0 Å². The maximum atomic E-state index is 11.0. The van der Waals surface area contributed by atoms with Crippen LogP contribution in [0.4, 0.5) is 11.4 Å². The van der Waals surface area contributed by atoms with Crippen LogP contribution in [0.1, 0.15) is 17.0 Å². The van der Waals surface area contributed by atoms with Gasteiger partial charge >= 0.3 is 0 Å². The minimum absolute atomic E-state index is 0.434. The van der Waals surface area contributed by atoms with Crippen molar-refractivity contribution in [1.82, 2.24) is 4.57 Å². The maximum absolute atomic E-state index is 11.0. The predicted molar refractivity (Wildman–Crippen MR) is 85.4 cm³/mol. The fraction of sp³-hybridized carbons (Fsp3) is 0.286. The highest BCUT2D eigenvalue weighted by atomic mass is 32.2. The summed E-state index contributed by atoms with van der Waals surface area (Å²) in [5, 5.41) is 8.24. The summed E-state index contributed by atoms with van der Waals surface area (Å²) in [4.78, 5) is 0. The lowest BCUT2D eigenvalue weighted by Crippen LogP contribution is -2.21. The Morgan fingerprint density at radius 1 is 1.19 bits per heavy atom. The first-order valence-corrected chi connectivity index (χ1v) is 8.07. The van der Waals surface area contributed by atoms with E-state index in [9.17, 15) is 8.42 Å². The molecule has 6 nitrogen and oxygen atoms in total. The van der Waals surface area contributed by atoms with E-state index in [4.69, 9.17) is 5.14 Å². The molecule has 0 radical (unpaired) electrons. The first-order chi connectivity index (χ1) is 9.76. The van der Waals surface area contributed by atoms with E-state index in [-0.39, 0.29) is 0 Å². The fourth-order valence-electron chi connectivity index (χ4n) is 2.17. The summed E-state index contributed by atoms with van der Waals surface area (Å²) in [6.45, 7) is 4.81. The Hall–Kier alpha value is -1.99. The Kier molecular flexibility index (Phi) is 4.24. The highest BCUT2D eigenvalue weighted by molar-refractivity contribution is 7.90. The SMILES string of the molecule is Cc1cc(CNc2cccc(NS(N)(=O)=O)c2)c(C)n1C. The zero-order valence-electron chi connectivity index (χ0n) is 12.3. The number of hydrogen-bond donors (Lipinski definition) is 3. The lowest BCUT2D eigenvalue weighted by Gasteiger charge is -2.09. The molecule has 0 aliphatic rings. The van der Waals surface area contributed by atoms with Gasteiger partial charge < -0.3 is 9.88 Å². The molecule has 0 aliphatic carbocycles. The van der Waals surface area contributed by atoms with Crippen molar-refractivity contribution in [2.45, 2.75) is 20.4 Å². The molecule has 7 heteroatoms. The van der Waals surface area contributed by atoms with E-state index in [0.29, 0.717) is 12.2 Å². The number of aryl methyl sites for hydroxylation is 1. The van der Waals surface area contributed by atoms with Crippen LogP contribution >= 0.6 is 0 Å². The summed E-state index contributed by atoms with van der Waals surface area (Å²) in [5.41, 5.74) is 4.88. The summed E-state index contributed by atoms with van der Waals surface area (Å²) < 4.78 is 26.4. The number of nitrogens with one attached hydrogen (secondary N) is 2. The molecule has 0 unspecified atom stereocenters. The number of nitrogens with zero attached hydrogens (tertiary/aromatic N) is 1. The number of nitrogens with two attached hydrogens (primary N) is 1. The highest BCUT2D eigenvalue weighted by Crippen LogP contribution is 2.18. The monoisotopic (exact) mass is 308 g/mol. The molecule has 0 aliphatic heterocycles. The van der Waals surface area contributed by atoms with Gasteiger partial charge in [0.2, 0.25) is 0 Å². The number of hydrogen-bond acceptors (Lipinski definition) is 3. The van der Waals surface area contributed by atoms with Crippen molar-refractivity contribution in [3.05, 3.63) is 47.3 Å². The molecular weight excluding hydrogens is 288 g/mol. The van der Waals surface area contributed by atoms with Gasteiger partial charge in [-0.05, 0) is 43.7 Å². The van der Waals surface area contributed by atoms with E-state index < -0.39 is 10.2 Å². The molecule has 0 saturated heterocycles. The van der Waals surface area contributed by atoms with Gasteiger partial charge in [0.25, 0.3) is 10.2 Å². The predicted octanol–water partition coefficient (Wildman–Crippen LogP) is 1.87. The van der Waals surface area contributed by atoms with Crippen LogP contribution in [0.15, 0.2) is 30.3 Å². The molecule has 4 N–H and O–H groups in total. The van der Waals surface area contributed by atoms with Crippen molar-refractivity contribution in [1.29, 1.82) is 0 Å². The molecule has 1 heterocycles. The third-order valence-electron chi connectivity index (χ3n) is 3.49. The van der Waals surface area contributed by atoms with Crippen molar-refractivity contribution in [2.75, 3.05) is 10.0 Å². The molecule has 0 saturated carbocycles. The standard InChI is InChI=1S/C14H20N4O2S/c1-10-7-12(11(2)18(10)3)9-16-13-5-4-6-14(8-13)17-21(15,19)20/h4-8,16-17H,9H2,1-3H3,(H2,15,19,20). The van der Waals surface area contributed by atoms with Gasteiger partial charge in [0.05, 0.1) is 5.69 Å². The molecule has 114 valence electrons. The van der Waals surface area contributed by atoms with Gasteiger partial charge in [-0.3, -0.25) is 4.72 Å². The summed E-state index contributed by atoms with van der Waals surface area (Å²) in [6, 6.07) is 9.12. The fourth-order valence-corrected chi connectivity index (χ4v) is 2.62. The molecule has 0 fully saturated rings. The Morgan fingerprint density at radius 2 is 1.86 bits per heavy atom. The van der Waals surface area contributed by atoms with E-state index in [1.165, 1.54) is 17.0 Å². The smallest absolute Gasteiger partial charge is 0.296 e. The second kappa shape index (κ2) is 5.79. The van der Waals surface area contributed by atoms with Gasteiger partial charge in [-0.15, -0.1) is 0 Å². The molecular formula is C14H20N4O2S. The van der Waals surface area contributed by atoms with Crippen LogP contribution in [0.25, 0.3) is 0 Å². The molecule has 0 spiro atoms. The van der Waals surface area contributed by atoms with Crippen LogP contribution < -0.4 is 15.2 Å². The average Bonchev–Trinajstić information content (AvgIpc) is 2.62. The molecule has 2 rings (SSSR count). The van der Waals surface area contributed by atoms with Crippen molar-refractivity contribution in [2.24, 2.45) is 12.2 Å². The Bertz CT molecular complexity index is 750. The van der Waals surface area contributed by atoms with Crippen molar-refractivity contribution in [3.8, 4) is 0 Å². The van der Waals surface area contributed by atoms with Gasteiger partial charge in [-0.25, -0.2) is 5.14 Å². The molecule has 2 aromatic rings. The van der Waals surface area contributed by atoms with E-state index in [1.807, 2.05) is 13.1 Å². The Morgan fingerprint density at radius 3 is 2.43 bits per heavy atom. The van der Waals surface area contributed by atoms with Gasteiger partial charge in [0.1, 0.15) is 0 Å². The van der Waals surface area contributed by atoms with Crippen molar-refractivity contribution in [3.63, 3.8) is 0 Å². The number of benzene rings is 1. The van der Waals surface area contributed by atoms with Crippen LogP contribution in [0, 0.1) is 13.8 Å². The first-order valence-electron chi connectivity index (χ1n) is 6.52. The van der Waals surface area contributed by atoms with E-state index >= 15 is 0 Å². The molecule has 0 amide bonds. The number of anilines is 2. The quantitative estimate of drug-likeness (QED) is 0.787. The maximum Gasteiger partial charge on any atom is 0.296 e. The highest BCUT2D eigenvalue weighted by Gasteiger charge is 2.06. The minimum atomic E-state index is -3.75. The number of aromatic nitrogens is 1. The zero-order chi connectivity index (χ0) is 15.6. The van der Waals surface area contributed by atoms with Crippen LogP contribution in [0.2, 0.25) is 0 Å². The zero-order valence-corrected chi connectivity index (χ0v) is 13.2. The normalized spacial score (nSPS) is 11.4. The van der Waals surface area contributed by atoms with Gasteiger partial charge in [-0.2, -0.15) is 8.42 Å². The van der Waals surface area contributed by atoms with Crippen molar-refractivity contribution >= 4 is 21.6 Å². The van der Waals surface area contributed by atoms with Gasteiger partial charge in [0, 0.05) is 30.7 Å². The third-order valence-corrected chi connectivity index (χ3v) is 4.01. The summed E-state index contributed by atoms with van der Waals surface area (Å²) in [5.74, 6) is 0. The Balaban J connectivity index is 2.10. The molecule has 21 heavy (non-hydrogen) atoms. The van der Waals surface area contributed by atoms with Gasteiger partial charge in [0.15, 0.2) is 0 Å². The average molecular weight is 308 g/mol. The molecule has 0 atom stereocenters. The number of rotatable bonds is 5. The summed E-state index contributed by atoms with van der Waals surface area (Å²) >= 11 is 0. The van der Waals surface area contributed by atoms with Crippen LogP contribution in [-0.2, 0) is 23.8 Å². The minimum Gasteiger partial charge on any atom is -0.381 e. The molecule has 1 aromatic carbocycles. The second-order valence-corrected chi connectivity index (χ2v) is 6.33. The Labute approximate surface area is 125 Å². The summed E-state index contributed by atoms with van der Waals surface area (Å²) in [7, 11) is -1.72. The molecule has 1 aromatic heterocycles. The topological polar surface area (TPSA) is 89.2 Å². The summed E-state index contributed by atoms with van der Waals surface area (Å²) in [6.07, 6.45) is 0. The van der Waals surface area contributed by atoms with Crippen LogP contribution in [0.5, 0.6) is 0 Å². The van der Waals surface area contributed by atoms with Gasteiger partial charge in [-0.1, -0.05) is 6.07 Å². The largest absolute Gasteiger partial charge is 0.381 e. The van der Waals surface area contributed by atoms with E-state index in [1.54, 1.807) is 18.2 Å². The second-order valence-electron chi connectivity index (χ2n) is 5.04. The third kappa shape index (κ3) is 3.99. The first kappa shape index (κ1) is 15.4. The lowest BCUT2D eigenvalue weighted by molar-refractivity contribution is 0.603. The lowest BCUT2D eigenvalue weighted by atomic mass is 10.2. The van der Waals surface area contributed by atoms with Crippen LogP contribution in [0.3, 0.4) is 0 Å². The van der Waals surface area contributed by atoms with Crippen molar-refractivity contribution < 1.29 is 8.42 Å².